The summed E-state index contributed by atoms with van der Waals surface area (Å²) in [6, 6.07) is 8.50. The Morgan fingerprint density at radius 2 is 1.91 bits per heavy atom. The van der Waals surface area contributed by atoms with Crippen molar-refractivity contribution in [2.24, 2.45) is 0 Å². The van der Waals surface area contributed by atoms with Gasteiger partial charge in [-0.05, 0) is 57.0 Å². The minimum atomic E-state index is -1.24. The van der Waals surface area contributed by atoms with Crippen molar-refractivity contribution in [3.8, 4) is 22.6 Å². The van der Waals surface area contributed by atoms with E-state index in [9.17, 15) is 19.5 Å². The van der Waals surface area contributed by atoms with Gasteiger partial charge in [0.15, 0.2) is 5.43 Å². The molecule has 11 nitrogen and oxygen atoms in total. The molecule has 4 aromatic rings. The number of aromatic amines is 1. The van der Waals surface area contributed by atoms with E-state index >= 15 is 4.39 Å². The molecule has 1 atom stereocenters. The minimum absolute atomic E-state index is 0.0552. The molecule has 0 bridgehead atoms. The Morgan fingerprint density at radius 1 is 1.18 bits per heavy atom. The SMILES string of the molecule is CCCOc1ccc(F)c2c(=O)c(-c3ccc(OC)cc3)cn(CCNC(=O)[C@H](Cc3cnc[nH]3)N(C(=O)O)C(C)(C)C)c12. The quantitative estimate of drug-likeness (QED) is 0.210. The summed E-state index contributed by atoms with van der Waals surface area (Å²) in [6.45, 7) is 7.64. The number of pyridine rings is 1. The van der Waals surface area contributed by atoms with Crippen LogP contribution >= 0.6 is 0 Å². The number of benzene rings is 2. The number of nitrogens with one attached hydrogen (secondary N) is 2. The van der Waals surface area contributed by atoms with Crippen LogP contribution in [-0.2, 0) is 17.8 Å². The highest BCUT2D eigenvalue weighted by molar-refractivity contribution is 5.89. The number of ether oxygens (including phenoxy) is 2. The summed E-state index contributed by atoms with van der Waals surface area (Å²) >= 11 is 0. The number of amides is 2. The van der Waals surface area contributed by atoms with Gasteiger partial charge in [0.25, 0.3) is 0 Å². The van der Waals surface area contributed by atoms with Crippen molar-refractivity contribution < 1.29 is 28.6 Å². The molecule has 44 heavy (non-hydrogen) atoms. The molecule has 0 unspecified atom stereocenters. The van der Waals surface area contributed by atoms with E-state index in [-0.39, 0.29) is 36.0 Å². The van der Waals surface area contributed by atoms with Gasteiger partial charge in [-0.3, -0.25) is 14.5 Å². The second-order valence-electron chi connectivity index (χ2n) is 11.3. The summed E-state index contributed by atoms with van der Waals surface area (Å²) in [4.78, 5) is 47.6. The number of methoxy groups -OCH3 is 1. The zero-order valence-corrected chi connectivity index (χ0v) is 25.5. The number of H-pyrrole nitrogens is 1. The van der Waals surface area contributed by atoms with Gasteiger partial charge < -0.3 is 29.4 Å². The van der Waals surface area contributed by atoms with Crippen LogP contribution in [0.2, 0.25) is 0 Å². The zero-order chi connectivity index (χ0) is 32.0. The van der Waals surface area contributed by atoms with Crippen molar-refractivity contribution in [3.63, 3.8) is 0 Å². The van der Waals surface area contributed by atoms with Gasteiger partial charge in [-0.15, -0.1) is 0 Å². The highest BCUT2D eigenvalue weighted by Crippen LogP contribution is 2.30. The number of rotatable bonds is 12. The average Bonchev–Trinajstić information content (AvgIpc) is 3.50. The Hall–Kier alpha value is -4.87. The van der Waals surface area contributed by atoms with Crippen LogP contribution in [0.4, 0.5) is 9.18 Å². The van der Waals surface area contributed by atoms with E-state index in [0.29, 0.717) is 35.8 Å². The number of halogens is 1. The number of carbonyl (C=O) groups is 2. The largest absolute Gasteiger partial charge is 0.497 e. The van der Waals surface area contributed by atoms with E-state index in [1.165, 1.54) is 25.6 Å². The van der Waals surface area contributed by atoms with Gasteiger partial charge in [0.05, 0.1) is 30.9 Å². The number of fused-ring (bicyclic) bond motifs is 1. The second-order valence-corrected chi connectivity index (χ2v) is 11.3. The first-order valence-electron chi connectivity index (χ1n) is 14.4. The summed E-state index contributed by atoms with van der Waals surface area (Å²) in [6.07, 6.45) is 4.18. The monoisotopic (exact) mass is 607 g/mol. The Balaban J connectivity index is 1.72. The van der Waals surface area contributed by atoms with Gasteiger partial charge in [0.2, 0.25) is 5.91 Å². The number of aromatic nitrogens is 3. The molecular weight excluding hydrogens is 569 g/mol. The van der Waals surface area contributed by atoms with E-state index in [1.54, 1.807) is 62.0 Å². The highest BCUT2D eigenvalue weighted by atomic mass is 19.1. The number of carbonyl (C=O) groups excluding carboxylic acids is 1. The Bertz CT molecular complexity index is 1660. The molecule has 2 aromatic carbocycles. The molecule has 0 aliphatic carbocycles. The normalized spacial score (nSPS) is 12.1. The summed E-state index contributed by atoms with van der Waals surface area (Å²) < 4.78 is 28.2. The molecule has 0 spiro atoms. The van der Waals surface area contributed by atoms with Gasteiger partial charge in [-0.25, -0.2) is 14.2 Å². The lowest BCUT2D eigenvalue weighted by atomic mass is 10.00. The standard InChI is InChI=1S/C32H38FN5O6/c1-6-15-44-26-12-11-24(33)27-28(26)37(18-23(29(27)39)20-7-9-22(43-5)10-8-20)14-13-35-30(40)25(16-21-17-34-19-36-21)38(31(41)42)32(2,3)4/h7-12,17-19,25H,6,13-16H2,1-5H3,(H,34,36)(H,35,40)(H,41,42)/t25-/m0/s1. The molecule has 2 heterocycles. The fourth-order valence-electron chi connectivity index (χ4n) is 5.15. The lowest BCUT2D eigenvalue weighted by molar-refractivity contribution is -0.127. The summed E-state index contributed by atoms with van der Waals surface area (Å²) in [5.41, 5.74) is 0.331. The van der Waals surface area contributed by atoms with Gasteiger partial charge in [0, 0.05) is 48.7 Å². The average molecular weight is 608 g/mol. The van der Waals surface area contributed by atoms with Crippen LogP contribution in [0.1, 0.15) is 39.8 Å². The minimum Gasteiger partial charge on any atom is -0.497 e. The van der Waals surface area contributed by atoms with Crippen molar-refractivity contribution >= 4 is 22.9 Å². The van der Waals surface area contributed by atoms with Crippen LogP contribution in [0, 0.1) is 5.82 Å². The maximum Gasteiger partial charge on any atom is 0.408 e. The molecule has 2 aromatic heterocycles. The smallest absolute Gasteiger partial charge is 0.408 e. The first-order valence-corrected chi connectivity index (χ1v) is 14.4. The summed E-state index contributed by atoms with van der Waals surface area (Å²) in [7, 11) is 1.54. The maximum absolute atomic E-state index is 15.3. The maximum atomic E-state index is 15.3. The van der Waals surface area contributed by atoms with E-state index in [1.807, 2.05) is 6.92 Å². The van der Waals surface area contributed by atoms with E-state index in [2.05, 4.69) is 15.3 Å². The number of hydrogen-bond acceptors (Lipinski definition) is 6. The fraction of sp³-hybridized carbons (Fsp3) is 0.375. The Morgan fingerprint density at radius 3 is 2.50 bits per heavy atom. The summed E-state index contributed by atoms with van der Waals surface area (Å²) in [5.74, 6) is -0.251. The van der Waals surface area contributed by atoms with Gasteiger partial charge in [-0.2, -0.15) is 0 Å². The summed E-state index contributed by atoms with van der Waals surface area (Å²) in [5, 5.41) is 12.8. The third-order valence-electron chi connectivity index (χ3n) is 7.16. The third kappa shape index (κ3) is 7.01. The van der Waals surface area contributed by atoms with Gasteiger partial charge in [-0.1, -0.05) is 19.1 Å². The highest BCUT2D eigenvalue weighted by Gasteiger charge is 2.37. The van der Waals surface area contributed by atoms with E-state index in [4.69, 9.17) is 9.47 Å². The first kappa shape index (κ1) is 32.1. The van der Waals surface area contributed by atoms with Crippen molar-refractivity contribution in [1.29, 1.82) is 0 Å². The number of hydrogen-bond donors (Lipinski definition) is 3. The lowest BCUT2D eigenvalue weighted by Crippen LogP contribution is -2.57. The van der Waals surface area contributed by atoms with Crippen LogP contribution in [0.5, 0.6) is 11.5 Å². The molecule has 2 amide bonds. The first-order chi connectivity index (χ1) is 21.0. The fourth-order valence-corrected chi connectivity index (χ4v) is 5.15. The van der Waals surface area contributed by atoms with E-state index < -0.39 is 34.8 Å². The number of nitrogens with zero attached hydrogens (tertiary/aromatic N) is 3. The second kappa shape index (κ2) is 13.6. The topological polar surface area (TPSA) is 139 Å². The molecule has 4 rings (SSSR count). The molecule has 0 aliphatic heterocycles. The van der Waals surface area contributed by atoms with Gasteiger partial charge in [0.1, 0.15) is 23.4 Å². The molecular formula is C32H38FN5O6. The van der Waals surface area contributed by atoms with Crippen LogP contribution in [0.25, 0.3) is 22.0 Å². The van der Waals surface area contributed by atoms with Gasteiger partial charge >= 0.3 is 6.09 Å². The predicted octanol–water partition coefficient (Wildman–Crippen LogP) is 4.83. The molecule has 0 saturated carbocycles. The van der Waals surface area contributed by atoms with Crippen LogP contribution in [0.15, 0.2) is 59.9 Å². The van der Waals surface area contributed by atoms with Crippen molar-refractivity contribution in [2.75, 3.05) is 20.3 Å². The predicted molar refractivity (Wildman–Crippen MR) is 165 cm³/mol. The molecule has 0 saturated heterocycles. The molecule has 0 fully saturated rings. The number of imidazole rings is 1. The van der Waals surface area contributed by atoms with E-state index in [0.717, 1.165) is 4.90 Å². The Kier molecular flexibility index (Phi) is 9.92. The van der Waals surface area contributed by atoms with Crippen molar-refractivity contribution in [3.05, 3.63) is 76.9 Å². The molecule has 12 heteroatoms. The molecule has 3 N–H and O–H groups in total. The zero-order valence-electron chi connectivity index (χ0n) is 25.5. The molecule has 0 aliphatic rings. The van der Waals surface area contributed by atoms with Crippen LogP contribution in [0.3, 0.4) is 0 Å². The van der Waals surface area contributed by atoms with Crippen molar-refractivity contribution in [1.82, 2.24) is 24.8 Å². The van der Waals surface area contributed by atoms with Crippen LogP contribution in [-0.4, -0.2) is 68.4 Å². The number of carboxylic acid groups (broad SMARTS) is 1. The van der Waals surface area contributed by atoms with Crippen molar-refractivity contribution in [2.45, 2.75) is 58.7 Å². The third-order valence-corrected chi connectivity index (χ3v) is 7.16. The Labute approximate surface area is 254 Å². The van der Waals surface area contributed by atoms with Crippen LogP contribution < -0.4 is 20.2 Å². The lowest BCUT2D eigenvalue weighted by Gasteiger charge is -2.38. The molecule has 0 radical (unpaired) electrons. The molecule has 234 valence electrons.